The van der Waals surface area contributed by atoms with Crippen LogP contribution in [0.15, 0.2) is 33.9 Å². The molecule has 0 spiro atoms. The zero-order valence-corrected chi connectivity index (χ0v) is 15.7. The van der Waals surface area contributed by atoms with Gasteiger partial charge in [0.1, 0.15) is 15.6 Å². The molecule has 1 N–H and O–H groups in total. The van der Waals surface area contributed by atoms with Crippen molar-refractivity contribution in [2.75, 3.05) is 6.54 Å². The third-order valence-electron chi connectivity index (χ3n) is 3.68. The first kappa shape index (κ1) is 17.7. The molecule has 0 bridgehead atoms. The first-order valence-corrected chi connectivity index (χ1v) is 9.97. The quantitative estimate of drug-likeness (QED) is 0.708. The van der Waals surface area contributed by atoms with Crippen LogP contribution in [0.25, 0.3) is 10.6 Å². The Morgan fingerprint density at radius 3 is 2.68 bits per heavy atom. The van der Waals surface area contributed by atoms with Crippen molar-refractivity contribution in [1.82, 2.24) is 19.8 Å². The van der Waals surface area contributed by atoms with E-state index in [0.29, 0.717) is 12.1 Å². The number of thiazole rings is 1. The molecule has 0 fully saturated rings. The Balaban J connectivity index is 1.70. The van der Waals surface area contributed by atoms with Crippen LogP contribution < -0.4 is 4.72 Å². The van der Waals surface area contributed by atoms with Gasteiger partial charge in [-0.05, 0) is 39.3 Å². The van der Waals surface area contributed by atoms with Gasteiger partial charge in [0.15, 0.2) is 5.76 Å². The van der Waals surface area contributed by atoms with Gasteiger partial charge in [-0.3, -0.25) is 4.98 Å². The molecule has 0 aliphatic heterocycles. The van der Waals surface area contributed by atoms with Crippen molar-refractivity contribution in [2.45, 2.75) is 32.1 Å². The topological polar surface area (TPSA) is 98.0 Å². The summed E-state index contributed by atoms with van der Waals surface area (Å²) in [6, 6.07) is 3.82. The molecule has 132 valence electrons. The first-order valence-electron chi connectivity index (χ1n) is 7.67. The molecule has 0 aliphatic carbocycles. The molecule has 0 unspecified atom stereocenters. The molecule has 0 aromatic carbocycles. The van der Waals surface area contributed by atoms with Crippen LogP contribution in [0, 0.1) is 20.8 Å². The third kappa shape index (κ3) is 3.78. The van der Waals surface area contributed by atoms with Crippen LogP contribution in [-0.4, -0.2) is 30.1 Å². The highest BCUT2D eigenvalue weighted by Gasteiger charge is 2.23. The second-order valence-electron chi connectivity index (χ2n) is 5.57. The van der Waals surface area contributed by atoms with Gasteiger partial charge in [-0.2, -0.15) is 0 Å². The zero-order chi connectivity index (χ0) is 18.0. The fourth-order valence-corrected chi connectivity index (χ4v) is 4.91. The van der Waals surface area contributed by atoms with Gasteiger partial charge in [0.05, 0.1) is 5.69 Å². The molecule has 9 heteroatoms. The lowest BCUT2D eigenvalue weighted by Gasteiger charge is -2.05. The predicted molar refractivity (Wildman–Crippen MR) is 95.0 cm³/mol. The number of aryl methyl sites for hydroxylation is 3. The first-order chi connectivity index (χ1) is 11.9. The lowest BCUT2D eigenvalue weighted by molar-refractivity contribution is 0.390. The Hall–Kier alpha value is -2.10. The molecule has 0 atom stereocenters. The van der Waals surface area contributed by atoms with Crippen molar-refractivity contribution in [3.63, 3.8) is 0 Å². The number of pyridine rings is 1. The minimum absolute atomic E-state index is 0.115. The molecule has 3 rings (SSSR count). The molecule has 3 heterocycles. The van der Waals surface area contributed by atoms with E-state index in [4.69, 9.17) is 4.52 Å². The molecule has 0 aliphatic rings. The molecule has 3 aromatic heterocycles. The summed E-state index contributed by atoms with van der Waals surface area (Å²) in [6.07, 6.45) is 4.04. The molecular formula is C16H18N4O3S2. The van der Waals surface area contributed by atoms with Crippen molar-refractivity contribution >= 4 is 21.4 Å². The van der Waals surface area contributed by atoms with Gasteiger partial charge >= 0.3 is 0 Å². The van der Waals surface area contributed by atoms with Gasteiger partial charge in [0.2, 0.25) is 10.0 Å². The summed E-state index contributed by atoms with van der Waals surface area (Å²) in [5.41, 5.74) is 2.22. The van der Waals surface area contributed by atoms with Crippen LogP contribution >= 0.6 is 11.3 Å². The molecular weight excluding hydrogens is 360 g/mol. The maximum absolute atomic E-state index is 12.4. The average Bonchev–Trinajstić information content (AvgIpc) is 3.11. The van der Waals surface area contributed by atoms with E-state index in [0.717, 1.165) is 21.1 Å². The van der Waals surface area contributed by atoms with E-state index in [1.54, 1.807) is 37.6 Å². The zero-order valence-electron chi connectivity index (χ0n) is 14.1. The van der Waals surface area contributed by atoms with Crippen molar-refractivity contribution in [3.05, 3.63) is 46.6 Å². The molecule has 0 amide bonds. The van der Waals surface area contributed by atoms with E-state index in [1.165, 1.54) is 0 Å². The highest BCUT2D eigenvalue weighted by atomic mass is 32.2. The monoisotopic (exact) mass is 378 g/mol. The van der Waals surface area contributed by atoms with Gasteiger partial charge in [-0.25, -0.2) is 18.1 Å². The summed E-state index contributed by atoms with van der Waals surface area (Å²) in [6.45, 7) is 5.40. The molecule has 0 saturated heterocycles. The van der Waals surface area contributed by atoms with Crippen LogP contribution in [0.4, 0.5) is 0 Å². The summed E-state index contributed by atoms with van der Waals surface area (Å²) >= 11 is 1.55. The van der Waals surface area contributed by atoms with Gasteiger partial charge in [0.25, 0.3) is 0 Å². The fourth-order valence-electron chi connectivity index (χ4n) is 2.50. The number of nitrogens with zero attached hydrogens (tertiary/aromatic N) is 3. The third-order valence-corrected chi connectivity index (χ3v) is 6.65. The van der Waals surface area contributed by atoms with Gasteiger partial charge in [-0.15, -0.1) is 11.3 Å². The van der Waals surface area contributed by atoms with E-state index in [2.05, 4.69) is 19.8 Å². The number of rotatable bonds is 6. The number of nitrogens with one attached hydrogen (secondary N) is 1. The summed E-state index contributed by atoms with van der Waals surface area (Å²) < 4.78 is 32.4. The van der Waals surface area contributed by atoms with Crippen molar-refractivity contribution in [1.29, 1.82) is 0 Å². The average molecular weight is 378 g/mol. The van der Waals surface area contributed by atoms with Gasteiger partial charge in [-0.1, -0.05) is 5.16 Å². The van der Waals surface area contributed by atoms with Gasteiger partial charge < -0.3 is 4.52 Å². The smallest absolute Gasteiger partial charge is 0.245 e. The molecule has 0 radical (unpaired) electrons. The van der Waals surface area contributed by atoms with Crippen LogP contribution in [-0.2, 0) is 16.4 Å². The SMILES string of the molecule is Cc1nc(-c2cccnc2)sc1CCNS(=O)(=O)c1c(C)noc1C. The number of sulfonamides is 1. The largest absolute Gasteiger partial charge is 0.360 e. The molecule has 7 nitrogen and oxygen atoms in total. The fraction of sp³-hybridized carbons (Fsp3) is 0.312. The summed E-state index contributed by atoms with van der Waals surface area (Å²) in [5.74, 6) is 0.290. The normalized spacial score (nSPS) is 11.8. The van der Waals surface area contributed by atoms with E-state index in [9.17, 15) is 8.42 Å². The van der Waals surface area contributed by atoms with Crippen molar-refractivity contribution in [3.8, 4) is 10.6 Å². The maximum atomic E-state index is 12.4. The highest BCUT2D eigenvalue weighted by molar-refractivity contribution is 7.89. The Labute approximate surface area is 150 Å². The number of aromatic nitrogens is 3. The molecule has 25 heavy (non-hydrogen) atoms. The summed E-state index contributed by atoms with van der Waals surface area (Å²) in [5, 5.41) is 4.58. The summed E-state index contributed by atoms with van der Waals surface area (Å²) in [7, 11) is -3.64. The minimum Gasteiger partial charge on any atom is -0.360 e. The Morgan fingerprint density at radius 2 is 2.04 bits per heavy atom. The number of hydrogen-bond acceptors (Lipinski definition) is 7. The second kappa shape index (κ2) is 7.03. The lowest BCUT2D eigenvalue weighted by Crippen LogP contribution is -2.26. The highest BCUT2D eigenvalue weighted by Crippen LogP contribution is 2.27. The standard InChI is InChI=1S/C16H18N4O3S2/c1-10-14(24-16(19-10)13-5-4-7-17-9-13)6-8-18-25(21,22)15-11(2)20-23-12(15)3/h4-5,7,9,18H,6,8H2,1-3H3. The molecule has 3 aromatic rings. The van der Waals surface area contributed by atoms with E-state index >= 15 is 0 Å². The summed E-state index contributed by atoms with van der Waals surface area (Å²) in [4.78, 5) is 9.81. The van der Waals surface area contributed by atoms with E-state index in [1.807, 2.05) is 19.1 Å². The van der Waals surface area contributed by atoms with Crippen LogP contribution in [0.3, 0.4) is 0 Å². The van der Waals surface area contributed by atoms with E-state index < -0.39 is 10.0 Å². The Morgan fingerprint density at radius 1 is 1.24 bits per heavy atom. The predicted octanol–water partition coefficient (Wildman–Crippen LogP) is 2.64. The second-order valence-corrected chi connectivity index (χ2v) is 8.36. The van der Waals surface area contributed by atoms with Crippen LogP contribution in [0.1, 0.15) is 22.0 Å². The number of hydrogen-bond donors (Lipinski definition) is 1. The van der Waals surface area contributed by atoms with Gasteiger partial charge in [0, 0.05) is 29.4 Å². The van der Waals surface area contributed by atoms with Crippen LogP contribution in [0.2, 0.25) is 0 Å². The molecule has 0 saturated carbocycles. The van der Waals surface area contributed by atoms with Crippen molar-refractivity contribution < 1.29 is 12.9 Å². The van der Waals surface area contributed by atoms with E-state index in [-0.39, 0.29) is 17.2 Å². The maximum Gasteiger partial charge on any atom is 0.245 e. The lowest BCUT2D eigenvalue weighted by atomic mass is 10.3. The Kier molecular flexibility index (Phi) is 4.98. The van der Waals surface area contributed by atoms with Crippen molar-refractivity contribution in [2.24, 2.45) is 0 Å². The van der Waals surface area contributed by atoms with Crippen LogP contribution in [0.5, 0.6) is 0 Å². The minimum atomic E-state index is -3.64. The Bertz CT molecular complexity index is 959.